The van der Waals surface area contributed by atoms with E-state index in [0.717, 1.165) is 33.3 Å². The lowest BCUT2D eigenvalue weighted by atomic mass is 9.98. The van der Waals surface area contributed by atoms with Crippen LogP contribution >= 0.6 is 0 Å². The van der Waals surface area contributed by atoms with Crippen molar-refractivity contribution in [1.82, 2.24) is 19.7 Å². The van der Waals surface area contributed by atoms with Crippen LogP contribution in [0.1, 0.15) is 0 Å². The Morgan fingerprint density at radius 2 is 1.66 bits per heavy atom. The number of aromatic nitrogens is 4. The number of nitrogens with zero attached hydrogens (tertiary/aromatic N) is 4. The summed E-state index contributed by atoms with van der Waals surface area (Å²) in [6.45, 7) is 0.507. The normalized spacial score (nSPS) is 12.0. The van der Waals surface area contributed by atoms with Gasteiger partial charge >= 0.3 is 0 Å². The van der Waals surface area contributed by atoms with Crippen LogP contribution in [-0.4, -0.2) is 37.6 Å². The second kappa shape index (κ2) is 8.99. The van der Waals surface area contributed by atoms with Crippen molar-refractivity contribution in [2.75, 3.05) is 6.61 Å². The van der Waals surface area contributed by atoms with Crippen LogP contribution in [0.15, 0.2) is 97.6 Å². The summed E-state index contributed by atoms with van der Waals surface area (Å²) in [6.07, 6.45) is 2.33. The van der Waals surface area contributed by atoms with Gasteiger partial charge < -0.3 is 9.84 Å². The van der Waals surface area contributed by atoms with Gasteiger partial charge in [-0.25, -0.2) is 9.97 Å². The Balaban J connectivity index is 1.37. The zero-order valence-electron chi connectivity index (χ0n) is 17.4. The van der Waals surface area contributed by atoms with Gasteiger partial charge in [-0.15, -0.1) is 0 Å². The smallest absolute Gasteiger partial charge is 0.137 e. The number of hydrogen-bond donors (Lipinski definition) is 1. The average molecular weight is 422 g/mol. The lowest BCUT2D eigenvalue weighted by Gasteiger charge is -2.13. The van der Waals surface area contributed by atoms with Crippen LogP contribution in [0.3, 0.4) is 0 Å². The number of rotatable bonds is 7. The Hall–Kier alpha value is -4.03. The lowest BCUT2D eigenvalue weighted by Crippen LogP contribution is -2.23. The zero-order chi connectivity index (χ0) is 21.8. The Kier molecular flexibility index (Phi) is 5.59. The second-order valence-electron chi connectivity index (χ2n) is 7.54. The molecular formula is C26H22N4O2. The molecule has 0 bridgehead atoms. The summed E-state index contributed by atoms with van der Waals surface area (Å²) in [5, 5.41) is 15.2. The standard InChI is InChI=1S/C26H22N4O2/c31-21(15-30-18-27-17-28-30)16-32-22-12-10-20(11-13-22)26-14-24(19-6-2-1-3-7-19)23-8-4-5-9-25(23)29-26/h1-14,17-18,21,31H,15-16H2. The summed E-state index contributed by atoms with van der Waals surface area (Å²) in [7, 11) is 0. The summed E-state index contributed by atoms with van der Waals surface area (Å²) in [5.41, 5.74) is 5.18. The minimum Gasteiger partial charge on any atom is -0.491 e. The van der Waals surface area contributed by atoms with E-state index < -0.39 is 6.10 Å². The van der Waals surface area contributed by atoms with Crippen molar-refractivity contribution in [2.45, 2.75) is 12.6 Å². The molecule has 5 aromatic rings. The molecule has 32 heavy (non-hydrogen) atoms. The molecule has 0 spiro atoms. The first kappa shape index (κ1) is 19.9. The molecule has 2 aromatic heterocycles. The molecule has 0 fully saturated rings. The van der Waals surface area contributed by atoms with E-state index in [0.29, 0.717) is 12.3 Å². The van der Waals surface area contributed by atoms with E-state index in [-0.39, 0.29) is 6.61 Å². The monoisotopic (exact) mass is 422 g/mol. The number of pyridine rings is 1. The first-order chi connectivity index (χ1) is 15.8. The summed E-state index contributed by atoms with van der Waals surface area (Å²) < 4.78 is 7.32. The molecule has 158 valence electrons. The summed E-state index contributed by atoms with van der Waals surface area (Å²) in [5.74, 6) is 0.690. The molecule has 1 atom stereocenters. The van der Waals surface area contributed by atoms with Crippen molar-refractivity contribution in [3.63, 3.8) is 0 Å². The maximum absolute atomic E-state index is 10.1. The summed E-state index contributed by atoms with van der Waals surface area (Å²) in [4.78, 5) is 8.75. The first-order valence-electron chi connectivity index (χ1n) is 10.5. The van der Waals surface area contributed by atoms with Gasteiger partial charge in [0.25, 0.3) is 0 Å². The quantitative estimate of drug-likeness (QED) is 0.415. The number of aliphatic hydroxyl groups is 1. The number of ether oxygens (including phenoxy) is 1. The van der Waals surface area contributed by atoms with Gasteiger partial charge in [0, 0.05) is 10.9 Å². The highest BCUT2D eigenvalue weighted by Crippen LogP contribution is 2.32. The predicted molar refractivity (Wildman–Crippen MR) is 124 cm³/mol. The third kappa shape index (κ3) is 4.36. The van der Waals surface area contributed by atoms with Gasteiger partial charge in [-0.05, 0) is 47.5 Å². The third-order valence-electron chi connectivity index (χ3n) is 5.26. The Morgan fingerprint density at radius 1 is 0.875 bits per heavy atom. The largest absolute Gasteiger partial charge is 0.491 e. The van der Waals surface area contributed by atoms with Crippen LogP contribution in [-0.2, 0) is 6.54 Å². The number of hydrogen-bond acceptors (Lipinski definition) is 5. The predicted octanol–water partition coefficient (Wildman–Crippen LogP) is 4.60. The molecule has 2 heterocycles. The molecule has 6 heteroatoms. The molecule has 0 aliphatic carbocycles. The fourth-order valence-electron chi connectivity index (χ4n) is 3.69. The maximum atomic E-state index is 10.1. The van der Waals surface area contributed by atoms with Crippen molar-refractivity contribution < 1.29 is 9.84 Å². The molecule has 0 saturated carbocycles. The molecule has 3 aromatic carbocycles. The second-order valence-corrected chi connectivity index (χ2v) is 7.54. The SMILES string of the molecule is OC(COc1ccc(-c2cc(-c3ccccc3)c3ccccc3n2)cc1)Cn1cncn1. The van der Waals surface area contributed by atoms with Gasteiger partial charge in [-0.3, -0.25) is 4.68 Å². The molecule has 0 radical (unpaired) electrons. The van der Waals surface area contributed by atoms with E-state index in [1.807, 2.05) is 60.7 Å². The van der Waals surface area contributed by atoms with E-state index in [4.69, 9.17) is 9.72 Å². The molecule has 6 nitrogen and oxygen atoms in total. The van der Waals surface area contributed by atoms with Crippen LogP contribution in [0.25, 0.3) is 33.3 Å². The van der Waals surface area contributed by atoms with Crippen molar-refractivity contribution in [2.24, 2.45) is 0 Å². The van der Waals surface area contributed by atoms with Crippen molar-refractivity contribution in [3.05, 3.63) is 97.6 Å². The topological polar surface area (TPSA) is 73.1 Å². The van der Waals surface area contributed by atoms with Crippen molar-refractivity contribution in [1.29, 1.82) is 0 Å². The molecule has 1 unspecified atom stereocenters. The van der Waals surface area contributed by atoms with E-state index in [9.17, 15) is 5.11 Å². The van der Waals surface area contributed by atoms with E-state index >= 15 is 0 Å². The van der Waals surface area contributed by atoms with E-state index in [1.54, 1.807) is 11.0 Å². The number of fused-ring (bicyclic) bond motifs is 1. The van der Waals surface area contributed by atoms with Crippen LogP contribution in [0.2, 0.25) is 0 Å². The van der Waals surface area contributed by atoms with Gasteiger partial charge in [0.15, 0.2) is 0 Å². The fourth-order valence-corrected chi connectivity index (χ4v) is 3.69. The highest BCUT2D eigenvalue weighted by Gasteiger charge is 2.10. The third-order valence-corrected chi connectivity index (χ3v) is 5.26. The molecule has 0 saturated heterocycles. The van der Waals surface area contributed by atoms with E-state index in [1.165, 1.54) is 6.33 Å². The summed E-state index contributed by atoms with van der Waals surface area (Å²) >= 11 is 0. The van der Waals surface area contributed by atoms with Crippen molar-refractivity contribution in [3.8, 4) is 28.1 Å². The van der Waals surface area contributed by atoms with Gasteiger partial charge in [0.05, 0.1) is 17.8 Å². The van der Waals surface area contributed by atoms with Crippen molar-refractivity contribution >= 4 is 10.9 Å². The van der Waals surface area contributed by atoms with Crippen LogP contribution in [0.5, 0.6) is 5.75 Å². The molecular weight excluding hydrogens is 400 g/mol. The van der Waals surface area contributed by atoms with Gasteiger partial charge in [-0.2, -0.15) is 5.10 Å². The van der Waals surface area contributed by atoms with Gasteiger partial charge in [0.2, 0.25) is 0 Å². The zero-order valence-corrected chi connectivity index (χ0v) is 17.4. The number of benzene rings is 3. The first-order valence-corrected chi connectivity index (χ1v) is 10.5. The molecule has 0 amide bonds. The molecule has 5 rings (SSSR count). The van der Waals surface area contributed by atoms with Gasteiger partial charge in [0.1, 0.15) is 31.1 Å². The number of aliphatic hydroxyl groups excluding tert-OH is 1. The Morgan fingerprint density at radius 3 is 2.44 bits per heavy atom. The molecule has 0 aliphatic heterocycles. The highest BCUT2D eigenvalue weighted by atomic mass is 16.5. The molecule has 0 aliphatic rings. The Labute approximate surface area is 185 Å². The highest BCUT2D eigenvalue weighted by molar-refractivity contribution is 5.96. The number of para-hydroxylation sites is 1. The average Bonchev–Trinajstić information content (AvgIpc) is 3.36. The fraction of sp³-hybridized carbons (Fsp3) is 0.115. The minimum absolute atomic E-state index is 0.172. The molecule has 1 N–H and O–H groups in total. The minimum atomic E-state index is -0.674. The summed E-state index contributed by atoms with van der Waals surface area (Å²) in [6, 6.07) is 28.5. The van der Waals surface area contributed by atoms with Gasteiger partial charge in [-0.1, -0.05) is 48.5 Å². The lowest BCUT2D eigenvalue weighted by molar-refractivity contribution is 0.0892. The van der Waals surface area contributed by atoms with Crippen LogP contribution < -0.4 is 4.74 Å². The van der Waals surface area contributed by atoms with Crippen LogP contribution in [0.4, 0.5) is 0 Å². The maximum Gasteiger partial charge on any atom is 0.137 e. The van der Waals surface area contributed by atoms with Crippen LogP contribution in [0, 0.1) is 0 Å². The van der Waals surface area contributed by atoms with E-state index in [2.05, 4.69) is 34.3 Å². The Bertz CT molecular complexity index is 1300.